The number of aryl methyl sites for hydroxylation is 2. The maximum Gasteiger partial charge on any atom is 0.131 e. The summed E-state index contributed by atoms with van der Waals surface area (Å²) in [6.07, 6.45) is -0.469. The number of benzene rings is 1. The van der Waals surface area contributed by atoms with Crippen LogP contribution in [0.25, 0.3) is 0 Å². The third kappa shape index (κ3) is 3.08. The number of halogens is 1. The van der Waals surface area contributed by atoms with Gasteiger partial charge >= 0.3 is 0 Å². The summed E-state index contributed by atoms with van der Waals surface area (Å²) in [5, 5.41) is 14.3. The highest BCUT2D eigenvalue weighted by Crippen LogP contribution is 2.22. The molecule has 102 valence electrons. The number of nitrogens with zero attached hydrogens (tertiary/aromatic N) is 2. The Morgan fingerprint density at radius 1 is 1.37 bits per heavy atom. The summed E-state index contributed by atoms with van der Waals surface area (Å²) >= 11 is 6.15. The summed E-state index contributed by atoms with van der Waals surface area (Å²) in [5.41, 5.74) is 2.51. The minimum Gasteiger partial charge on any atom is -0.487 e. The summed E-state index contributed by atoms with van der Waals surface area (Å²) in [5.74, 6) is 0.735. The standard InChI is InChI=1S/C14H17ClN2O2/c1-9-14(15)13(17(3)16-9)8-19-12-6-4-11(5-7-12)10(2)18/h4-7,10,18H,8H2,1-3H3/t10-/m1/s1. The number of ether oxygens (including phenoxy) is 1. The third-order valence-corrected chi connectivity index (χ3v) is 3.49. The highest BCUT2D eigenvalue weighted by molar-refractivity contribution is 6.31. The molecule has 0 aliphatic rings. The Morgan fingerprint density at radius 2 is 2.00 bits per heavy atom. The minimum absolute atomic E-state index is 0.365. The van der Waals surface area contributed by atoms with Crippen molar-refractivity contribution in [2.24, 2.45) is 7.05 Å². The van der Waals surface area contributed by atoms with Gasteiger partial charge in [-0.15, -0.1) is 0 Å². The third-order valence-electron chi connectivity index (χ3n) is 3.00. The van der Waals surface area contributed by atoms with Crippen LogP contribution in [0.2, 0.25) is 5.02 Å². The molecule has 1 aromatic carbocycles. The van der Waals surface area contributed by atoms with Crippen molar-refractivity contribution in [1.82, 2.24) is 9.78 Å². The monoisotopic (exact) mass is 280 g/mol. The van der Waals surface area contributed by atoms with Crippen LogP contribution in [0, 0.1) is 6.92 Å². The molecule has 0 unspecified atom stereocenters. The molecule has 0 spiro atoms. The Kier molecular flexibility index (Phi) is 4.12. The predicted octanol–water partition coefficient (Wildman–Crippen LogP) is 3.01. The second-order valence-corrected chi connectivity index (χ2v) is 4.88. The molecule has 2 aromatic rings. The summed E-state index contributed by atoms with van der Waals surface area (Å²) < 4.78 is 7.40. The van der Waals surface area contributed by atoms with E-state index in [1.165, 1.54) is 0 Å². The van der Waals surface area contributed by atoms with Crippen molar-refractivity contribution < 1.29 is 9.84 Å². The second-order valence-electron chi connectivity index (χ2n) is 4.50. The molecule has 0 bridgehead atoms. The van der Waals surface area contributed by atoms with Crippen molar-refractivity contribution in [2.45, 2.75) is 26.6 Å². The van der Waals surface area contributed by atoms with Crippen molar-refractivity contribution in [2.75, 3.05) is 0 Å². The first-order valence-corrected chi connectivity index (χ1v) is 6.45. The van der Waals surface area contributed by atoms with E-state index in [2.05, 4.69) is 5.10 Å². The van der Waals surface area contributed by atoms with Crippen molar-refractivity contribution in [3.63, 3.8) is 0 Å². The Labute approximate surface area is 117 Å². The molecule has 0 saturated heterocycles. The maximum absolute atomic E-state index is 9.43. The van der Waals surface area contributed by atoms with E-state index in [0.29, 0.717) is 11.6 Å². The maximum atomic E-state index is 9.43. The fourth-order valence-corrected chi connectivity index (χ4v) is 2.05. The van der Waals surface area contributed by atoms with E-state index >= 15 is 0 Å². The molecule has 1 atom stereocenters. The fraction of sp³-hybridized carbons (Fsp3) is 0.357. The summed E-state index contributed by atoms with van der Waals surface area (Å²) in [4.78, 5) is 0. The normalized spacial score (nSPS) is 12.5. The molecule has 0 saturated carbocycles. The Bertz CT molecular complexity index is 562. The van der Waals surface area contributed by atoms with Gasteiger partial charge in [-0.25, -0.2) is 0 Å². The van der Waals surface area contributed by atoms with Gasteiger partial charge in [0, 0.05) is 7.05 Å². The van der Waals surface area contributed by atoms with Crippen LogP contribution in [-0.2, 0) is 13.7 Å². The summed E-state index contributed by atoms with van der Waals surface area (Å²) in [6, 6.07) is 7.35. The van der Waals surface area contributed by atoms with Crippen LogP contribution in [0.3, 0.4) is 0 Å². The van der Waals surface area contributed by atoms with Crippen LogP contribution < -0.4 is 4.74 Å². The van der Waals surface area contributed by atoms with Gasteiger partial charge in [0.2, 0.25) is 0 Å². The number of hydrogen-bond donors (Lipinski definition) is 1. The molecule has 1 heterocycles. The van der Waals surface area contributed by atoms with Crippen molar-refractivity contribution in [3.8, 4) is 5.75 Å². The topological polar surface area (TPSA) is 47.3 Å². The molecule has 0 radical (unpaired) electrons. The lowest BCUT2D eigenvalue weighted by molar-refractivity contribution is 0.199. The zero-order valence-corrected chi connectivity index (χ0v) is 12.0. The Hall–Kier alpha value is -1.52. The highest BCUT2D eigenvalue weighted by atomic mass is 35.5. The van der Waals surface area contributed by atoms with Gasteiger partial charge in [-0.05, 0) is 31.5 Å². The van der Waals surface area contributed by atoms with E-state index in [4.69, 9.17) is 16.3 Å². The van der Waals surface area contributed by atoms with Crippen LogP contribution in [0.4, 0.5) is 0 Å². The molecule has 5 heteroatoms. The van der Waals surface area contributed by atoms with Gasteiger partial charge in [-0.3, -0.25) is 4.68 Å². The zero-order chi connectivity index (χ0) is 14.0. The fourth-order valence-electron chi connectivity index (χ4n) is 1.83. The van der Waals surface area contributed by atoms with Gasteiger partial charge in [0.15, 0.2) is 0 Å². The molecule has 1 aromatic heterocycles. The molecule has 0 aliphatic heterocycles. The lowest BCUT2D eigenvalue weighted by Crippen LogP contribution is -2.03. The molecule has 0 amide bonds. The Balaban J connectivity index is 2.06. The number of aromatic nitrogens is 2. The van der Waals surface area contributed by atoms with E-state index < -0.39 is 6.10 Å². The molecule has 0 aliphatic carbocycles. The summed E-state index contributed by atoms with van der Waals surface area (Å²) in [7, 11) is 1.84. The van der Waals surface area contributed by atoms with Crippen LogP contribution >= 0.6 is 11.6 Å². The lowest BCUT2D eigenvalue weighted by Gasteiger charge is -2.09. The van der Waals surface area contributed by atoms with E-state index in [-0.39, 0.29) is 0 Å². The number of hydrogen-bond acceptors (Lipinski definition) is 3. The molecular weight excluding hydrogens is 264 g/mol. The molecule has 19 heavy (non-hydrogen) atoms. The Morgan fingerprint density at radius 3 is 2.47 bits per heavy atom. The minimum atomic E-state index is -0.469. The van der Waals surface area contributed by atoms with Gasteiger partial charge in [0.25, 0.3) is 0 Å². The van der Waals surface area contributed by atoms with Crippen LogP contribution in [-0.4, -0.2) is 14.9 Å². The first-order valence-electron chi connectivity index (χ1n) is 6.08. The molecule has 1 N–H and O–H groups in total. The van der Waals surface area contributed by atoms with Crippen LogP contribution in [0.15, 0.2) is 24.3 Å². The molecule has 4 nitrogen and oxygen atoms in total. The van der Waals surface area contributed by atoms with E-state index in [9.17, 15) is 5.11 Å². The molecule has 2 rings (SSSR count). The van der Waals surface area contributed by atoms with Crippen LogP contribution in [0.5, 0.6) is 5.75 Å². The van der Waals surface area contributed by atoms with Crippen molar-refractivity contribution in [1.29, 1.82) is 0 Å². The SMILES string of the molecule is Cc1nn(C)c(COc2ccc([C@@H](C)O)cc2)c1Cl. The van der Waals surface area contributed by atoms with Gasteiger partial charge in [-0.2, -0.15) is 5.10 Å². The second kappa shape index (κ2) is 5.63. The average molecular weight is 281 g/mol. The van der Waals surface area contributed by atoms with Crippen molar-refractivity contribution in [3.05, 3.63) is 46.2 Å². The quantitative estimate of drug-likeness (QED) is 0.936. The number of aliphatic hydroxyl groups is 1. The van der Waals surface area contributed by atoms with Gasteiger partial charge in [-0.1, -0.05) is 23.7 Å². The van der Waals surface area contributed by atoms with E-state index in [0.717, 1.165) is 22.7 Å². The van der Waals surface area contributed by atoms with E-state index in [1.54, 1.807) is 11.6 Å². The zero-order valence-electron chi connectivity index (χ0n) is 11.2. The van der Waals surface area contributed by atoms with Crippen LogP contribution in [0.1, 0.15) is 30.0 Å². The predicted molar refractivity (Wildman–Crippen MR) is 74.4 cm³/mol. The smallest absolute Gasteiger partial charge is 0.131 e. The first kappa shape index (κ1) is 13.9. The van der Waals surface area contributed by atoms with Crippen molar-refractivity contribution >= 4 is 11.6 Å². The van der Waals surface area contributed by atoms with Gasteiger partial charge in [0.05, 0.1) is 22.5 Å². The molecular formula is C14H17ClN2O2. The lowest BCUT2D eigenvalue weighted by atomic mass is 10.1. The average Bonchev–Trinajstić information content (AvgIpc) is 2.62. The summed E-state index contributed by atoms with van der Waals surface area (Å²) in [6.45, 7) is 3.96. The largest absolute Gasteiger partial charge is 0.487 e. The van der Waals surface area contributed by atoms with Gasteiger partial charge in [0.1, 0.15) is 12.4 Å². The van der Waals surface area contributed by atoms with Gasteiger partial charge < -0.3 is 9.84 Å². The molecule has 0 fully saturated rings. The van der Waals surface area contributed by atoms with E-state index in [1.807, 2.05) is 38.2 Å². The highest BCUT2D eigenvalue weighted by Gasteiger charge is 2.11. The first-order chi connectivity index (χ1) is 8.99. The number of aliphatic hydroxyl groups excluding tert-OH is 1. The number of rotatable bonds is 4.